The summed E-state index contributed by atoms with van der Waals surface area (Å²) in [6.45, 7) is 1.62. The number of benzene rings is 2. The van der Waals surface area contributed by atoms with Crippen LogP contribution in [-0.4, -0.2) is 13.2 Å². The lowest BCUT2D eigenvalue weighted by atomic mass is 10.1. The van der Waals surface area contributed by atoms with Crippen molar-refractivity contribution >= 4 is 28.9 Å². The van der Waals surface area contributed by atoms with Crippen LogP contribution >= 0.6 is 23.2 Å². The summed E-state index contributed by atoms with van der Waals surface area (Å²) >= 11 is 12.1. The van der Waals surface area contributed by atoms with Crippen molar-refractivity contribution < 1.29 is 4.74 Å². The van der Waals surface area contributed by atoms with Gasteiger partial charge in [0.25, 0.3) is 0 Å². The van der Waals surface area contributed by atoms with Gasteiger partial charge in [0.05, 0.1) is 17.3 Å². The van der Waals surface area contributed by atoms with E-state index in [1.807, 2.05) is 6.07 Å². The maximum Gasteiger partial charge on any atom is 0.122 e. The van der Waals surface area contributed by atoms with Crippen molar-refractivity contribution in [3.05, 3.63) is 57.6 Å². The first kappa shape index (κ1) is 13.6. The van der Waals surface area contributed by atoms with Crippen molar-refractivity contribution in [2.24, 2.45) is 0 Å². The number of hydrogen-bond acceptors (Lipinski definition) is 2. The van der Waals surface area contributed by atoms with Crippen LogP contribution in [0.25, 0.3) is 0 Å². The highest BCUT2D eigenvalue weighted by atomic mass is 35.5. The summed E-state index contributed by atoms with van der Waals surface area (Å²) in [4.78, 5) is 0. The Bertz CT molecular complexity index is 628. The molecule has 1 aliphatic rings. The Hall–Kier alpha value is -1.38. The molecule has 0 bridgehead atoms. The maximum absolute atomic E-state index is 6.12. The van der Waals surface area contributed by atoms with Crippen LogP contribution in [0.3, 0.4) is 0 Å². The van der Waals surface area contributed by atoms with E-state index in [0.29, 0.717) is 10.0 Å². The summed E-state index contributed by atoms with van der Waals surface area (Å²) in [7, 11) is 0. The Morgan fingerprint density at radius 3 is 2.90 bits per heavy atom. The quantitative estimate of drug-likeness (QED) is 0.892. The first-order valence-corrected chi connectivity index (χ1v) is 7.41. The minimum Gasteiger partial charge on any atom is -0.493 e. The normalized spacial score (nSPS) is 12.9. The van der Waals surface area contributed by atoms with Crippen LogP contribution < -0.4 is 10.1 Å². The van der Waals surface area contributed by atoms with Gasteiger partial charge in [-0.25, -0.2) is 0 Å². The fourth-order valence-electron chi connectivity index (χ4n) is 2.37. The van der Waals surface area contributed by atoms with Gasteiger partial charge in [-0.2, -0.15) is 0 Å². The zero-order valence-corrected chi connectivity index (χ0v) is 12.5. The van der Waals surface area contributed by atoms with E-state index in [2.05, 4.69) is 23.5 Å². The summed E-state index contributed by atoms with van der Waals surface area (Å²) < 4.78 is 5.51. The number of fused-ring (bicyclic) bond motifs is 1. The Labute approximate surface area is 128 Å². The number of rotatable bonds is 4. The second kappa shape index (κ2) is 5.94. The Morgan fingerprint density at radius 1 is 1.10 bits per heavy atom. The summed E-state index contributed by atoms with van der Waals surface area (Å²) in [6.07, 6.45) is 1.95. The van der Waals surface area contributed by atoms with Gasteiger partial charge in [0, 0.05) is 18.0 Å². The number of anilines is 1. The second-order valence-electron chi connectivity index (χ2n) is 4.84. The number of ether oxygens (including phenoxy) is 1. The van der Waals surface area contributed by atoms with Crippen molar-refractivity contribution in [1.29, 1.82) is 0 Å². The van der Waals surface area contributed by atoms with E-state index in [1.165, 1.54) is 11.1 Å². The van der Waals surface area contributed by atoms with Gasteiger partial charge in [0.15, 0.2) is 0 Å². The van der Waals surface area contributed by atoms with Gasteiger partial charge >= 0.3 is 0 Å². The first-order chi connectivity index (χ1) is 9.72. The Balaban J connectivity index is 1.61. The molecule has 1 aliphatic heterocycles. The molecule has 2 aromatic rings. The molecule has 1 heterocycles. The highest BCUT2D eigenvalue weighted by Gasteiger charge is 2.11. The molecule has 0 atom stereocenters. The Kier molecular flexibility index (Phi) is 4.04. The second-order valence-corrected chi connectivity index (χ2v) is 5.69. The van der Waals surface area contributed by atoms with Crippen LogP contribution in [0.15, 0.2) is 36.4 Å². The van der Waals surface area contributed by atoms with Gasteiger partial charge in [0.1, 0.15) is 5.75 Å². The smallest absolute Gasteiger partial charge is 0.122 e. The molecule has 2 nitrogen and oxygen atoms in total. The molecule has 0 saturated heterocycles. The minimum atomic E-state index is 0.687. The molecule has 104 valence electrons. The third kappa shape index (κ3) is 3.02. The number of hydrogen-bond donors (Lipinski definition) is 1. The molecular formula is C16H15Cl2NO. The molecule has 0 radical (unpaired) electrons. The predicted molar refractivity (Wildman–Crippen MR) is 84.3 cm³/mol. The zero-order chi connectivity index (χ0) is 13.9. The van der Waals surface area contributed by atoms with Crippen molar-refractivity contribution in [3.8, 4) is 5.75 Å². The number of halogens is 2. The summed E-state index contributed by atoms with van der Waals surface area (Å²) in [5.41, 5.74) is 3.49. The fourth-order valence-corrected chi connectivity index (χ4v) is 2.73. The van der Waals surface area contributed by atoms with Crippen LogP contribution in [0.1, 0.15) is 11.1 Å². The lowest BCUT2D eigenvalue weighted by Gasteiger charge is -2.09. The van der Waals surface area contributed by atoms with Gasteiger partial charge in [-0.3, -0.25) is 0 Å². The monoisotopic (exact) mass is 307 g/mol. The van der Waals surface area contributed by atoms with E-state index in [0.717, 1.165) is 37.4 Å². The average molecular weight is 308 g/mol. The predicted octanol–water partition coefficient (Wildman–Crippen LogP) is 4.58. The standard InChI is InChI=1S/C16H15Cl2NO/c17-13-2-3-14(18)15(10-13)19-7-5-11-1-4-16-12(9-11)6-8-20-16/h1-4,9-10,19H,5-8H2. The first-order valence-electron chi connectivity index (χ1n) is 6.66. The third-order valence-electron chi connectivity index (χ3n) is 3.41. The van der Waals surface area contributed by atoms with Gasteiger partial charge in [-0.15, -0.1) is 0 Å². The van der Waals surface area contributed by atoms with Gasteiger partial charge < -0.3 is 10.1 Å². The largest absolute Gasteiger partial charge is 0.493 e. The minimum absolute atomic E-state index is 0.687. The Morgan fingerprint density at radius 2 is 2.00 bits per heavy atom. The van der Waals surface area contributed by atoms with Crippen molar-refractivity contribution in [3.63, 3.8) is 0 Å². The zero-order valence-electron chi connectivity index (χ0n) is 11.0. The fraction of sp³-hybridized carbons (Fsp3) is 0.250. The van der Waals surface area contributed by atoms with Gasteiger partial charge in [-0.1, -0.05) is 35.3 Å². The molecule has 0 fully saturated rings. The van der Waals surface area contributed by atoms with E-state index >= 15 is 0 Å². The van der Waals surface area contributed by atoms with Crippen LogP contribution in [0.5, 0.6) is 5.75 Å². The molecular weight excluding hydrogens is 293 g/mol. The molecule has 20 heavy (non-hydrogen) atoms. The van der Waals surface area contributed by atoms with Crippen molar-refractivity contribution in [1.82, 2.24) is 0 Å². The van der Waals surface area contributed by atoms with E-state index in [9.17, 15) is 0 Å². The van der Waals surface area contributed by atoms with E-state index < -0.39 is 0 Å². The highest BCUT2D eigenvalue weighted by Crippen LogP contribution is 2.27. The van der Waals surface area contributed by atoms with Crippen LogP contribution in [0.4, 0.5) is 5.69 Å². The van der Waals surface area contributed by atoms with Crippen LogP contribution in [0.2, 0.25) is 10.0 Å². The molecule has 4 heteroatoms. The lowest BCUT2D eigenvalue weighted by molar-refractivity contribution is 0.357. The molecule has 1 N–H and O–H groups in total. The molecule has 0 saturated carbocycles. The average Bonchev–Trinajstić information content (AvgIpc) is 2.90. The lowest BCUT2D eigenvalue weighted by Crippen LogP contribution is -2.05. The van der Waals surface area contributed by atoms with E-state index in [1.54, 1.807) is 12.1 Å². The van der Waals surface area contributed by atoms with Gasteiger partial charge in [-0.05, 0) is 41.8 Å². The third-order valence-corrected chi connectivity index (χ3v) is 3.98. The molecule has 0 spiro atoms. The van der Waals surface area contributed by atoms with Crippen LogP contribution in [-0.2, 0) is 12.8 Å². The summed E-state index contributed by atoms with van der Waals surface area (Å²) in [5, 5.41) is 4.70. The molecule has 0 aliphatic carbocycles. The SMILES string of the molecule is Clc1ccc(Cl)c(NCCc2ccc3c(c2)CCO3)c1. The van der Waals surface area contributed by atoms with Crippen molar-refractivity contribution in [2.45, 2.75) is 12.8 Å². The van der Waals surface area contributed by atoms with Crippen LogP contribution in [0, 0.1) is 0 Å². The molecule has 3 rings (SSSR count). The molecule has 2 aromatic carbocycles. The summed E-state index contributed by atoms with van der Waals surface area (Å²) in [6, 6.07) is 11.8. The topological polar surface area (TPSA) is 21.3 Å². The molecule has 0 amide bonds. The van der Waals surface area contributed by atoms with E-state index in [-0.39, 0.29) is 0 Å². The highest BCUT2D eigenvalue weighted by molar-refractivity contribution is 6.35. The molecule has 0 aromatic heterocycles. The van der Waals surface area contributed by atoms with E-state index in [4.69, 9.17) is 27.9 Å². The maximum atomic E-state index is 6.12. The molecule has 0 unspecified atom stereocenters. The van der Waals surface area contributed by atoms with Crippen molar-refractivity contribution in [2.75, 3.05) is 18.5 Å². The van der Waals surface area contributed by atoms with Gasteiger partial charge in [0.2, 0.25) is 0 Å². The number of nitrogens with one attached hydrogen (secondary N) is 1. The summed E-state index contributed by atoms with van der Waals surface area (Å²) in [5.74, 6) is 1.03.